The first-order chi connectivity index (χ1) is 9.58. The van der Waals surface area contributed by atoms with E-state index in [1.165, 1.54) is 27.8 Å². The van der Waals surface area contributed by atoms with E-state index < -0.39 is 0 Å². The molecule has 1 heteroatoms. The van der Waals surface area contributed by atoms with Crippen LogP contribution in [0.4, 0.5) is 0 Å². The molecule has 0 saturated heterocycles. The molecule has 106 valence electrons. The number of benzene rings is 2. The van der Waals surface area contributed by atoms with Crippen LogP contribution >= 0.6 is 0 Å². The minimum atomic E-state index is 0.237. The van der Waals surface area contributed by atoms with Crippen LogP contribution in [-0.4, -0.2) is 11.7 Å². The lowest BCUT2D eigenvalue weighted by Crippen LogP contribution is -2.14. The monoisotopic (exact) mass is 268 g/mol. The van der Waals surface area contributed by atoms with Crippen molar-refractivity contribution >= 4 is 0 Å². The molecule has 0 aliphatic carbocycles. The summed E-state index contributed by atoms with van der Waals surface area (Å²) < 4.78 is 0. The zero-order chi connectivity index (χ0) is 14.5. The first-order valence-corrected chi connectivity index (χ1v) is 7.31. The van der Waals surface area contributed by atoms with Crippen LogP contribution in [0.3, 0.4) is 0 Å². The summed E-state index contributed by atoms with van der Waals surface area (Å²) in [7, 11) is 0. The molecule has 1 N–H and O–H groups in total. The third-order valence-electron chi connectivity index (χ3n) is 3.88. The summed E-state index contributed by atoms with van der Waals surface area (Å²) in [5, 5.41) is 9.68. The maximum Gasteiger partial charge on any atom is 0.0465 e. The second kappa shape index (κ2) is 6.71. The highest BCUT2D eigenvalue weighted by molar-refractivity contribution is 5.31. The average Bonchev–Trinajstić information content (AvgIpc) is 2.42. The standard InChI is InChI=1S/C19H24O/c1-14-5-4-6-17(9-14)11-18(13-20)12-19-10-15(2)7-8-16(19)3/h4-10,18,20H,11-13H2,1-3H3. The molecule has 0 heterocycles. The van der Waals surface area contributed by atoms with Crippen molar-refractivity contribution in [1.29, 1.82) is 0 Å². The molecule has 2 aromatic rings. The highest BCUT2D eigenvalue weighted by atomic mass is 16.3. The summed E-state index contributed by atoms with van der Waals surface area (Å²) in [6.45, 7) is 6.62. The van der Waals surface area contributed by atoms with Gasteiger partial charge in [0.1, 0.15) is 0 Å². The molecule has 0 spiro atoms. The Labute approximate surface area is 122 Å². The van der Waals surface area contributed by atoms with Gasteiger partial charge in [-0.25, -0.2) is 0 Å². The highest BCUT2D eigenvalue weighted by Gasteiger charge is 2.11. The molecular formula is C19H24O. The van der Waals surface area contributed by atoms with Gasteiger partial charge in [-0.1, -0.05) is 53.6 Å². The van der Waals surface area contributed by atoms with Gasteiger partial charge in [0.15, 0.2) is 0 Å². The Morgan fingerprint density at radius 1 is 0.900 bits per heavy atom. The Morgan fingerprint density at radius 3 is 2.35 bits per heavy atom. The maximum atomic E-state index is 9.68. The molecule has 2 aromatic carbocycles. The highest BCUT2D eigenvalue weighted by Crippen LogP contribution is 2.19. The van der Waals surface area contributed by atoms with Crippen LogP contribution in [0.2, 0.25) is 0 Å². The van der Waals surface area contributed by atoms with E-state index in [0.29, 0.717) is 0 Å². The van der Waals surface area contributed by atoms with Crippen molar-refractivity contribution in [3.8, 4) is 0 Å². The zero-order valence-corrected chi connectivity index (χ0v) is 12.7. The third kappa shape index (κ3) is 3.94. The molecule has 0 bridgehead atoms. The van der Waals surface area contributed by atoms with Gasteiger partial charge < -0.3 is 5.11 Å². The summed E-state index contributed by atoms with van der Waals surface area (Å²) in [4.78, 5) is 0. The van der Waals surface area contributed by atoms with Crippen LogP contribution in [-0.2, 0) is 12.8 Å². The number of aliphatic hydroxyl groups is 1. The number of hydrogen-bond donors (Lipinski definition) is 1. The smallest absolute Gasteiger partial charge is 0.0465 e. The lowest BCUT2D eigenvalue weighted by molar-refractivity contribution is 0.225. The van der Waals surface area contributed by atoms with E-state index in [1.807, 2.05) is 0 Å². The predicted octanol–water partition coefficient (Wildman–Crippen LogP) is 4.01. The fourth-order valence-electron chi connectivity index (χ4n) is 2.70. The van der Waals surface area contributed by atoms with E-state index >= 15 is 0 Å². The molecule has 1 unspecified atom stereocenters. The Bertz CT molecular complexity index is 572. The van der Waals surface area contributed by atoms with Gasteiger partial charge in [0, 0.05) is 6.61 Å². The third-order valence-corrected chi connectivity index (χ3v) is 3.88. The van der Waals surface area contributed by atoms with Crippen LogP contribution in [0.5, 0.6) is 0 Å². The van der Waals surface area contributed by atoms with E-state index in [-0.39, 0.29) is 12.5 Å². The maximum absolute atomic E-state index is 9.68. The summed E-state index contributed by atoms with van der Waals surface area (Å²) in [6, 6.07) is 15.1. The number of hydrogen-bond acceptors (Lipinski definition) is 1. The molecule has 0 aliphatic heterocycles. The van der Waals surface area contributed by atoms with Crippen molar-refractivity contribution < 1.29 is 5.11 Å². The lowest BCUT2D eigenvalue weighted by Gasteiger charge is -2.16. The Hall–Kier alpha value is -1.60. The van der Waals surface area contributed by atoms with Gasteiger partial charge in [-0.3, -0.25) is 0 Å². The summed E-state index contributed by atoms with van der Waals surface area (Å²) in [5.74, 6) is 0.289. The molecular weight excluding hydrogens is 244 g/mol. The van der Waals surface area contributed by atoms with Gasteiger partial charge >= 0.3 is 0 Å². The van der Waals surface area contributed by atoms with Crippen LogP contribution < -0.4 is 0 Å². The van der Waals surface area contributed by atoms with Crippen LogP contribution in [0, 0.1) is 26.7 Å². The van der Waals surface area contributed by atoms with Gasteiger partial charge in [-0.2, -0.15) is 0 Å². The second-order valence-corrected chi connectivity index (χ2v) is 5.88. The van der Waals surface area contributed by atoms with Crippen molar-refractivity contribution in [3.63, 3.8) is 0 Å². The van der Waals surface area contributed by atoms with Crippen molar-refractivity contribution in [2.24, 2.45) is 5.92 Å². The Morgan fingerprint density at radius 2 is 1.65 bits per heavy atom. The fraction of sp³-hybridized carbons (Fsp3) is 0.368. The average molecular weight is 268 g/mol. The molecule has 0 aliphatic rings. The molecule has 1 atom stereocenters. The largest absolute Gasteiger partial charge is 0.396 e. The molecule has 20 heavy (non-hydrogen) atoms. The summed E-state index contributed by atoms with van der Waals surface area (Å²) in [6.07, 6.45) is 1.88. The summed E-state index contributed by atoms with van der Waals surface area (Å²) >= 11 is 0. The molecule has 0 amide bonds. The van der Waals surface area contributed by atoms with Crippen LogP contribution in [0.1, 0.15) is 27.8 Å². The van der Waals surface area contributed by atoms with Gasteiger partial charge in [0.2, 0.25) is 0 Å². The molecule has 0 aromatic heterocycles. The molecule has 0 fully saturated rings. The minimum Gasteiger partial charge on any atom is -0.396 e. The molecule has 1 nitrogen and oxygen atoms in total. The van der Waals surface area contributed by atoms with Gasteiger partial charge in [-0.05, 0) is 56.2 Å². The van der Waals surface area contributed by atoms with Crippen LogP contribution in [0.15, 0.2) is 42.5 Å². The molecule has 2 rings (SSSR count). The van der Waals surface area contributed by atoms with Crippen molar-refractivity contribution in [3.05, 3.63) is 70.3 Å². The van der Waals surface area contributed by atoms with E-state index in [4.69, 9.17) is 0 Å². The van der Waals surface area contributed by atoms with Crippen molar-refractivity contribution in [2.45, 2.75) is 33.6 Å². The minimum absolute atomic E-state index is 0.237. The first kappa shape index (κ1) is 14.8. The van der Waals surface area contributed by atoms with Gasteiger partial charge in [0.05, 0.1) is 0 Å². The Kier molecular flexibility index (Phi) is 4.97. The van der Waals surface area contributed by atoms with E-state index in [1.54, 1.807) is 0 Å². The van der Waals surface area contributed by atoms with E-state index in [2.05, 4.69) is 63.2 Å². The number of rotatable bonds is 5. The normalized spacial score (nSPS) is 12.4. The quantitative estimate of drug-likeness (QED) is 0.869. The van der Waals surface area contributed by atoms with Crippen molar-refractivity contribution in [2.75, 3.05) is 6.61 Å². The predicted molar refractivity (Wildman–Crippen MR) is 85.1 cm³/mol. The van der Waals surface area contributed by atoms with Crippen molar-refractivity contribution in [1.82, 2.24) is 0 Å². The van der Waals surface area contributed by atoms with E-state index in [0.717, 1.165) is 12.8 Å². The van der Waals surface area contributed by atoms with Crippen LogP contribution in [0.25, 0.3) is 0 Å². The fourth-order valence-corrected chi connectivity index (χ4v) is 2.70. The molecule has 0 radical (unpaired) electrons. The summed E-state index contributed by atoms with van der Waals surface area (Å²) in [5.41, 5.74) is 6.56. The first-order valence-electron chi connectivity index (χ1n) is 7.31. The number of aliphatic hydroxyl groups excluding tert-OH is 1. The SMILES string of the molecule is Cc1cccc(CC(CO)Cc2cc(C)ccc2C)c1. The molecule has 0 saturated carbocycles. The van der Waals surface area contributed by atoms with Gasteiger partial charge in [0.25, 0.3) is 0 Å². The van der Waals surface area contributed by atoms with E-state index in [9.17, 15) is 5.11 Å². The number of aryl methyl sites for hydroxylation is 3. The Balaban J connectivity index is 2.11. The second-order valence-electron chi connectivity index (χ2n) is 5.88. The van der Waals surface area contributed by atoms with Gasteiger partial charge in [-0.15, -0.1) is 0 Å². The zero-order valence-electron chi connectivity index (χ0n) is 12.7. The lowest BCUT2D eigenvalue weighted by atomic mass is 9.90. The topological polar surface area (TPSA) is 20.2 Å².